The van der Waals surface area contributed by atoms with Crippen molar-refractivity contribution in [3.8, 4) is 12.1 Å². The Morgan fingerprint density at radius 3 is 1.58 bits per heavy atom. The van der Waals surface area contributed by atoms with E-state index in [0.717, 1.165) is 0 Å². The lowest BCUT2D eigenvalue weighted by Gasteiger charge is -2.08. The normalized spacial score (nSPS) is 11.7. The minimum atomic E-state index is -0.447. The van der Waals surface area contributed by atoms with Crippen molar-refractivity contribution in [1.29, 1.82) is 10.5 Å². The molecular weight excluding hydrogens is 328 g/mol. The van der Waals surface area contributed by atoms with Crippen molar-refractivity contribution in [2.45, 2.75) is 39.8 Å². The van der Waals surface area contributed by atoms with E-state index in [1.807, 2.05) is 39.8 Å². The number of nitrogens with zero attached hydrogens (tertiary/aromatic N) is 2. The second kappa shape index (κ2) is 9.80. The molecule has 1 aromatic carbocycles. The molecule has 0 fully saturated rings. The molecule has 0 bridgehead atoms. The summed E-state index contributed by atoms with van der Waals surface area (Å²) in [4.78, 5) is 24.0. The molecule has 0 aliphatic carbocycles. The fourth-order valence-corrected chi connectivity index (χ4v) is 2.05. The van der Waals surface area contributed by atoms with E-state index in [0.29, 0.717) is 11.1 Å². The highest BCUT2D eigenvalue weighted by Gasteiger charge is 2.11. The van der Waals surface area contributed by atoms with E-state index < -0.39 is 11.8 Å². The Balaban J connectivity index is 3.14. The molecule has 0 aromatic heterocycles. The fraction of sp³-hybridized carbons (Fsp3) is 0.300. The fourth-order valence-electron chi connectivity index (χ4n) is 2.05. The number of hydrogen-bond donors (Lipinski definition) is 2. The first-order valence-corrected chi connectivity index (χ1v) is 8.22. The van der Waals surface area contributed by atoms with Crippen molar-refractivity contribution < 1.29 is 9.59 Å². The standard InChI is InChI=1S/C20H22N4O2/c1-13(2)23-19(25)17(11-21)9-15-6-5-7-16(8-15)10-18(12-22)20(26)24-14(3)4/h5-10,13-14H,1-4H3,(H,23,25)(H,24,26)/b17-9-,18-10+. The van der Waals surface area contributed by atoms with Gasteiger partial charge in [0.2, 0.25) is 0 Å². The first kappa shape index (κ1) is 20.7. The lowest BCUT2D eigenvalue weighted by Crippen LogP contribution is -2.31. The van der Waals surface area contributed by atoms with E-state index in [9.17, 15) is 20.1 Å². The van der Waals surface area contributed by atoms with Gasteiger partial charge in [0.05, 0.1) is 0 Å². The maximum Gasteiger partial charge on any atom is 0.262 e. The zero-order valence-corrected chi connectivity index (χ0v) is 15.3. The second-order valence-corrected chi connectivity index (χ2v) is 6.27. The predicted molar refractivity (Wildman–Crippen MR) is 100 cm³/mol. The molecule has 1 rings (SSSR count). The quantitative estimate of drug-likeness (QED) is 0.607. The molecule has 0 unspecified atom stereocenters. The molecule has 0 aliphatic rings. The van der Waals surface area contributed by atoms with Gasteiger partial charge >= 0.3 is 0 Å². The highest BCUT2D eigenvalue weighted by Crippen LogP contribution is 2.13. The van der Waals surface area contributed by atoms with Gasteiger partial charge in [0.25, 0.3) is 11.8 Å². The van der Waals surface area contributed by atoms with Crippen molar-refractivity contribution >= 4 is 24.0 Å². The number of rotatable bonds is 6. The van der Waals surface area contributed by atoms with Crippen molar-refractivity contribution in [1.82, 2.24) is 10.6 Å². The lowest BCUT2D eigenvalue weighted by molar-refractivity contribution is -0.118. The van der Waals surface area contributed by atoms with E-state index in [1.54, 1.807) is 24.3 Å². The van der Waals surface area contributed by atoms with Crippen LogP contribution in [0.15, 0.2) is 35.4 Å². The third kappa shape index (κ3) is 6.62. The largest absolute Gasteiger partial charge is 0.349 e. The summed E-state index contributed by atoms with van der Waals surface area (Å²) in [6.45, 7) is 7.24. The lowest BCUT2D eigenvalue weighted by atomic mass is 10.1. The maximum atomic E-state index is 12.0. The Hall–Kier alpha value is -3.38. The van der Waals surface area contributed by atoms with Gasteiger partial charge in [-0.15, -0.1) is 0 Å². The molecule has 0 atom stereocenters. The van der Waals surface area contributed by atoms with Crippen LogP contribution in [0.2, 0.25) is 0 Å². The molecule has 0 saturated carbocycles. The van der Waals surface area contributed by atoms with E-state index in [4.69, 9.17) is 0 Å². The van der Waals surface area contributed by atoms with Gasteiger partial charge in [-0.3, -0.25) is 9.59 Å². The van der Waals surface area contributed by atoms with Crippen LogP contribution in [0.1, 0.15) is 38.8 Å². The third-order valence-electron chi connectivity index (χ3n) is 3.10. The molecular formula is C20H22N4O2. The summed E-state index contributed by atoms with van der Waals surface area (Å²) in [5.74, 6) is -0.894. The maximum absolute atomic E-state index is 12.0. The van der Waals surface area contributed by atoms with Crippen molar-refractivity contribution in [3.05, 3.63) is 46.5 Å². The molecule has 134 valence electrons. The van der Waals surface area contributed by atoms with Crippen LogP contribution in [-0.2, 0) is 9.59 Å². The molecule has 0 spiro atoms. The number of amides is 2. The number of nitriles is 2. The van der Waals surface area contributed by atoms with Crippen LogP contribution in [0.5, 0.6) is 0 Å². The van der Waals surface area contributed by atoms with Crippen LogP contribution in [0.3, 0.4) is 0 Å². The second-order valence-electron chi connectivity index (χ2n) is 6.27. The van der Waals surface area contributed by atoms with Gasteiger partial charge in [0.1, 0.15) is 23.3 Å². The monoisotopic (exact) mass is 350 g/mol. The first-order valence-electron chi connectivity index (χ1n) is 8.22. The Kier molecular flexibility index (Phi) is 7.79. The summed E-state index contributed by atoms with van der Waals surface area (Å²) in [7, 11) is 0. The average molecular weight is 350 g/mol. The van der Waals surface area contributed by atoms with Gasteiger partial charge in [-0.1, -0.05) is 18.2 Å². The molecule has 2 amide bonds. The number of carbonyl (C=O) groups is 2. The van der Waals surface area contributed by atoms with E-state index in [2.05, 4.69) is 10.6 Å². The number of nitrogens with one attached hydrogen (secondary N) is 2. The average Bonchev–Trinajstić information content (AvgIpc) is 2.56. The summed E-state index contributed by atoms with van der Waals surface area (Å²) < 4.78 is 0. The van der Waals surface area contributed by atoms with Crippen LogP contribution < -0.4 is 10.6 Å². The number of benzene rings is 1. The Morgan fingerprint density at radius 2 is 1.27 bits per heavy atom. The van der Waals surface area contributed by atoms with Crippen molar-refractivity contribution in [3.63, 3.8) is 0 Å². The minimum absolute atomic E-state index is 0.0158. The van der Waals surface area contributed by atoms with Crippen LogP contribution in [0.25, 0.3) is 12.2 Å². The number of hydrogen-bond acceptors (Lipinski definition) is 4. The predicted octanol–water partition coefficient (Wildman–Crippen LogP) is 2.55. The topological polar surface area (TPSA) is 106 Å². The Bertz CT molecular complexity index is 756. The zero-order chi connectivity index (χ0) is 19.7. The van der Waals surface area contributed by atoms with E-state index in [1.165, 1.54) is 12.2 Å². The van der Waals surface area contributed by atoms with Gasteiger partial charge in [-0.2, -0.15) is 10.5 Å². The van der Waals surface area contributed by atoms with Gasteiger partial charge in [0.15, 0.2) is 0 Å². The summed E-state index contributed by atoms with van der Waals surface area (Å²) >= 11 is 0. The summed E-state index contributed by atoms with van der Waals surface area (Å²) in [6, 6.07) is 10.5. The van der Waals surface area contributed by atoms with Crippen LogP contribution in [0.4, 0.5) is 0 Å². The Labute approximate surface area is 153 Å². The molecule has 6 heteroatoms. The van der Waals surface area contributed by atoms with Crippen LogP contribution in [0, 0.1) is 22.7 Å². The number of carbonyl (C=O) groups excluding carboxylic acids is 2. The molecule has 26 heavy (non-hydrogen) atoms. The van der Waals surface area contributed by atoms with Crippen molar-refractivity contribution in [2.75, 3.05) is 0 Å². The molecule has 6 nitrogen and oxygen atoms in total. The van der Waals surface area contributed by atoms with Gasteiger partial charge in [0, 0.05) is 12.1 Å². The third-order valence-corrected chi connectivity index (χ3v) is 3.10. The molecule has 1 aromatic rings. The SMILES string of the molecule is CC(C)NC(=O)/C(C#N)=C\c1cccc(/C=C(\C#N)C(=O)NC(C)C)c1. The highest BCUT2D eigenvalue weighted by atomic mass is 16.2. The zero-order valence-electron chi connectivity index (χ0n) is 15.3. The smallest absolute Gasteiger partial charge is 0.262 e. The minimum Gasteiger partial charge on any atom is -0.349 e. The summed E-state index contributed by atoms with van der Waals surface area (Å²) in [5, 5.41) is 23.7. The van der Waals surface area contributed by atoms with Crippen LogP contribution >= 0.6 is 0 Å². The van der Waals surface area contributed by atoms with Gasteiger partial charge < -0.3 is 10.6 Å². The highest BCUT2D eigenvalue weighted by molar-refractivity contribution is 6.03. The molecule has 0 heterocycles. The Morgan fingerprint density at radius 1 is 0.885 bits per heavy atom. The molecule has 2 N–H and O–H groups in total. The van der Waals surface area contributed by atoms with E-state index >= 15 is 0 Å². The molecule has 0 aliphatic heterocycles. The summed E-state index contributed by atoms with van der Waals surface area (Å²) in [5.41, 5.74) is 1.21. The van der Waals surface area contributed by atoms with E-state index in [-0.39, 0.29) is 23.2 Å². The van der Waals surface area contributed by atoms with Crippen molar-refractivity contribution in [2.24, 2.45) is 0 Å². The van der Waals surface area contributed by atoms with Crippen LogP contribution in [-0.4, -0.2) is 23.9 Å². The van der Waals surface area contributed by atoms with Gasteiger partial charge in [-0.05, 0) is 57.0 Å². The first-order chi connectivity index (χ1) is 12.3. The molecule has 0 radical (unpaired) electrons. The van der Waals surface area contributed by atoms with Gasteiger partial charge in [-0.25, -0.2) is 0 Å². The summed E-state index contributed by atoms with van der Waals surface area (Å²) in [6.07, 6.45) is 2.94. The molecule has 0 saturated heterocycles.